The minimum Gasteiger partial charge on any atom is -0.350 e. The summed E-state index contributed by atoms with van der Waals surface area (Å²) in [6.07, 6.45) is 2.50. The highest BCUT2D eigenvalue weighted by Gasteiger charge is 2.31. The molecule has 1 saturated heterocycles. The molecule has 2 aliphatic heterocycles. The van der Waals surface area contributed by atoms with Gasteiger partial charge in [0.15, 0.2) is 0 Å². The van der Waals surface area contributed by atoms with E-state index < -0.39 is 10.0 Å². The molecule has 4 rings (SSSR count). The van der Waals surface area contributed by atoms with Gasteiger partial charge in [0.1, 0.15) is 6.54 Å². The van der Waals surface area contributed by atoms with Gasteiger partial charge in [0, 0.05) is 30.1 Å². The Kier molecular flexibility index (Phi) is 5.71. The smallest absolute Gasteiger partial charge is 0.243 e. The predicted octanol–water partition coefficient (Wildman–Crippen LogP) is 2.13. The Bertz CT molecular complexity index is 1010. The molecule has 0 radical (unpaired) electrons. The molecule has 0 unspecified atom stereocenters. The Balaban J connectivity index is 1.51. The highest BCUT2D eigenvalue weighted by atomic mass is 32.2. The molecule has 0 spiro atoms. The van der Waals surface area contributed by atoms with Gasteiger partial charge in [-0.2, -0.15) is 4.31 Å². The van der Waals surface area contributed by atoms with Crippen LogP contribution in [0.2, 0.25) is 0 Å². The second kappa shape index (κ2) is 8.25. The van der Waals surface area contributed by atoms with Gasteiger partial charge in [-0.05, 0) is 54.5 Å². The van der Waals surface area contributed by atoms with Crippen LogP contribution in [0.25, 0.3) is 0 Å². The molecule has 2 aliphatic rings. The molecule has 29 heavy (non-hydrogen) atoms. The number of fused-ring (bicyclic) bond motifs is 1. The molecule has 1 aromatic carbocycles. The van der Waals surface area contributed by atoms with Crippen molar-refractivity contribution in [2.45, 2.75) is 37.1 Å². The summed E-state index contributed by atoms with van der Waals surface area (Å²) in [5.41, 5.74) is 1.41. The molecule has 0 saturated carbocycles. The minimum absolute atomic E-state index is 0.0740. The second-order valence-electron chi connectivity index (χ2n) is 7.24. The largest absolute Gasteiger partial charge is 0.350 e. The van der Waals surface area contributed by atoms with E-state index in [2.05, 4.69) is 5.32 Å². The van der Waals surface area contributed by atoms with E-state index >= 15 is 0 Å². The lowest BCUT2D eigenvalue weighted by Gasteiger charge is -2.29. The number of thiophene rings is 1. The average Bonchev–Trinajstić information content (AvgIpc) is 3.42. The monoisotopic (exact) mass is 433 g/mol. The van der Waals surface area contributed by atoms with E-state index in [1.54, 1.807) is 29.5 Å². The van der Waals surface area contributed by atoms with Crippen molar-refractivity contribution in [3.63, 3.8) is 0 Å². The Labute approximate surface area is 174 Å². The summed E-state index contributed by atoms with van der Waals surface area (Å²) in [7, 11) is -3.51. The number of sulfonamides is 1. The van der Waals surface area contributed by atoms with E-state index in [-0.39, 0.29) is 29.7 Å². The first kappa shape index (κ1) is 20.1. The fourth-order valence-corrected chi connectivity index (χ4v) is 5.96. The van der Waals surface area contributed by atoms with Crippen LogP contribution in [-0.2, 0) is 32.6 Å². The van der Waals surface area contributed by atoms with Crippen LogP contribution in [0, 0.1) is 0 Å². The van der Waals surface area contributed by atoms with Crippen LogP contribution in [-0.4, -0.2) is 44.2 Å². The summed E-state index contributed by atoms with van der Waals surface area (Å²) >= 11 is 1.56. The van der Waals surface area contributed by atoms with Gasteiger partial charge in [0.05, 0.1) is 11.4 Å². The van der Waals surface area contributed by atoms with Gasteiger partial charge in [0.2, 0.25) is 21.8 Å². The molecule has 0 atom stereocenters. The first-order valence-corrected chi connectivity index (χ1v) is 12.0. The number of carbonyl (C=O) groups excluding carboxylic acids is 2. The molecule has 1 aromatic heterocycles. The van der Waals surface area contributed by atoms with Crippen molar-refractivity contribution in [2.24, 2.45) is 0 Å². The topological polar surface area (TPSA) is 86.8 Å². The average molecular weight is 434 g/mol. The van der Waals surface area contributed by atoms with Gasteiger partial charge in [0.25, 0.3) is 0 Å². The third kappa shape index (κ3) is 4.22. The lowest BCUT2D eigenvalue weighted by molar-refractivity contribution is -0.124. The number of hydrogen-bond acceptors (Lipinski definition) is 5. The van der Waals surface area contributed by atoms with E-state index in [0.717, 1.165) is 23.3 Å². The summed E-state index contributed by atoms with van der Waals surface area (Å²) in [5, 5.41) is 4.78. The quantitative estimate of drug-likeness (QED) is 0.756. The molecule has 1 N–H and O–H groups in total. The molecule has 0 aliphatic carbocycles. The van der Waals surface area contributed by atoms with E-state index in [4.69, 9.17) is 0 Å². The molecule has 9 heteroatoms. The number of nitrogens with zero attached hydrogens (tertiary/aromatic N) is 2. The molecule has 2 amide bonds. The van der Waals surface area contributed by atoms with E-state index in [1.165, 1.54) is 9.21 Å². The second-order valence-corrected chi connectivity index (χ2v) is 10.2. The molecule has 7 nitrogen and oxygen atoms in total. The number of nitrogens with one attached hydrogen (secondary N) is 1. The van der Waals surface area contributed by atoms with Crippen molar-refractivity contribution in [1.29, 1.82) is 0 Å². The molecule has 2 aromatic rings. The number of rotatable bonds is 6. The van der Waals surface area contributed by atoms with Crippen molar-refractivity contribution < 1.29 is 18.0 Å². The van der Waals surface area contributed by atoms with Gasteiger partial charge in [-0.3, -0.25) is 9.59 Å². The third-order valence-corrected chi connectivity index (χ3v) is 8.07. The zero-order valence-electron chi connectivity index (χ0n) is 16.0. The number of hydrogen-bond donors (Lipinski definition) is 1. The maximum Gasteiger partial charge on any atom is 0.243 e. The summed E-state index contributed by atoms with van der Waals surface area (Å²) in [6, 6.07) is 8.72. The normalized spacial score (nSPS) is 17.4. The van der Waals surface area contributed by atoms with E-state index in [9.17, 15) is 18.0 Å². The number of amides is 2. The van der Waals surface area contributed by atoms with Crippen LogP contribution in [0.4, 0.5) is 5.69 Å². The first-order valence-electron chi connectivity index (χ1n) is 9.68. The number of aryl methyl sites for hydroxylation is 1. The zero-order valence-corrected chi connectivity index (χ0v) is 17.6. The fourth-order valence-electron chi connectivity index (χ4n) is 3.75. The van der Waals surface area contributed by atoms with Gasteiger partial charge in [-0.25, -0.2) is 8.42 Å². The van der Waals surface area contributed by atoms with Crippen molar-refractivity contribution in [3.8, 4) is 0 Å². The maximum absolute atomic E-state index is 12.8. The molecule has 154 valence electrons. The van der Waals surface area contributed by atoms with Gasteiger partial charge in [-0.1, -0.05) is 6.07 Å². The molecule has 1 fully saturated rings. The Hall–Kier alpha value is -2.23. The maximum atomic E-state index is 12.8. The lowest BCUT2D eigenvalue weighted by atomic mass is 10.0. The fraction of sp³-hybridized carbons (Fsp3) is 0.400. The van der Waals surface area contributed by atoms with Crippen LogP contribution in [0.5, 0.6) is 0 Å². The van der Waals surface area contributed by atoms with Crippen molar-refractivity contribution in [3.05, 3.63) is 46.2 Å². The summed E-state index contributed by atoms with van der Waals surface area (Å²) in [6.45, 7) is 1.46. The van der Waals surface area contributed by atoms with Crippen molar-refractivity contribution in [2.75, 3.05) is 24.5 Å². The summed E-state index contributed by atoms with van der Waals surface area (Å²) in [4.78, 5) is 27.6. The van der Waals surface area contributed by atoms with Crippen LogP contribution >= 0.6 is 11.3 Å². The van der Waals surface area contributed by atoms with Gasteiger partial charge >= 0.3 is 0 Å². The number of anilines is 1. The highest BCUT2D eigenvalue weighted by molar-refractivity contribution is 7.89. The van der Waals surface area contributed by atoms with Gasteiger partial charge in [-0.15, -0.1) is 11.3 Å². The standard InChI is InChI=1S/C20H23N3O4S2/c24-19(21-13-16-4-3-11-28-16)14-23-18-7-6-17(12-15(18)5-8-20(23)25)29(26,27)22-9-1-2-10-22/h3-4,6-7,11-12H,1-2,5,8-10,13-14H2,(H,21,24). The lowest BCUT2D eigenvalue weighted by Crippen LogP contribution is -2.43. The van der Waals surface area contributed by atoms with Crippen molar-refractivity contribution >= 4 is 38.9 Å². The SMILES string of the molecule is O=C(CN1C(=O)CCc2cc(S(=O)(=O)N3CCCC3)ccc21)NCc1cccs1. The van der Waals surface area contributed by atoms with E-state index in [1.807, 2.05) is 17.5 Å². The molecular weight excluding hydrogens is 410 g/mol. The van der Waals surface area contributed by atoms with Crippen LogP contribution in [0.3, 0.4) is 0 Å². The van der Waals surface area contributed by atoms with E-state index in [0.29, 0.717) is 31.7 Å². The highest BCUT2D eigenvalue weighted by Crippen LogP contribution is 2.31. The minimum atomic E-state index is -3.51. The number of benzene rings is 1. The molecule has 0 bridgehead atoms. The number of carbonyl (C=O) groups is 2. The summed E-state index contributed by atoms with van der Waals surface area (Å²) < 4.78 is 27.2. The Morgan fingerprint density at radius 3 is 2.66 bits per heavy atom. The first-order chi connectivity index (χ1) is 13.9. The zero-order chi connectivity index (χ0) is 20.4. The third-order valence-electron chi connectivity index (χ3n) is 5.30. The Morgan fingerprint density at radius 1 is 1.14 bits per heavy atom. The molecule has 3 heterocycles. The van der Waals surface area contributed by atoms with Crippen LogP contribution < -0.4 is 10.2 Å². The van der Waals surface area contributed by atoms with Crippen molar-refractivity contribution in [1.82, 2.24) is 9.62 Å². The van der Waals surface area contributed by atoms with Crippen LogP contribution in [0.1, 0.15) is 29.7 Å². The van der Waals surface area contributed by atoms with Gasteiger partial charge < -0.3 is 10.2 Å². The predicted molar refractivity (Wildman–Crippen MR) is 111 cm³/mol. The Morgan fingerprint density at radius 2 is 1.93 bits per heavy atom. The summed E-state index contributed by atoms with van der Waals surface area (Å²) in [5.74, 6) is -0.368. The molecular formula is C20H23N3O4S2. The van der Waals surface area contributed by atoms with Crippen LogP contribution in [0.15, 0.2) is 40.6 Å².